The third-order valence-corrected chi connectivity index (χ3v) is 8.35. The van der Waals surface area contributed by atoms with Gasteiger partial charge < -0.3 is 25.8 Å². The number of carbonyl (C=O) groups is 2. The van der Waals surface area contributed by atoms with E-state index in [1.54, 1.807) is 21.1 Å². The number of fused-ring (bicyclic) bond motifs is 1. The Balaban J connectivity index is 1.77. The van der Waals surface area contributed by atoms with Crippen molar-refractivity contribution >= 4 is 23.3 Å². The number of hydrogen-bond acceptors (Lipinski definition) is 5. The average molecular weight is 508 g/mol. The number of nitrogens with zero attached hydrogens (tertiary/aromatic N) is 1. The number of hydrogen-bond donors (Lipinski definition) is 3. The Hall–Kier alpha value is -3.22. The van der Waals surface area contributed by atoms with E-state index >= 15 is 0 Å². The maximum absolute atomic E-state index is 12.9. The van der Waals surface area contributed by atoms with Gasteiger partial charge in [0.25, 0.3) is 0 Å². The Labute approximate surface area is 220 Å². The van der Waals surface area contributed by atoms with E-state index in [4.69, 9.17) is 10.5 Å². The van der Waals surface area contributed by atoms with Gasteiger partial charge in [0, 0.05) is 26.4 Å². The standard InChI is InChI=1S/C30H41N3O4/c1-18-10-11-22(24(16-28(35)36)21-14-25(31)30(32-3)27(15-21)37-4)23-12-13-26(29(18)23)33(19(2)34)17-20-8-6-5-7-9-20/h10-11,14-15,20,24,26,32H,5-9,12-13,16-17,31H2,1-4H3,(H,35,36). The molecule has 2 aliphatic rings. The molecule has 7 nitrogen and oxygen atoms in total. The van der Waals surface area contributed by atoms with Crippen LogP contribution in [-0.4, -0.2) is 42.6 Å². The molecule has 7 heteroatoms. The van der Waals surface area contributed by atoms with E-state index < -0.39 is 5.97 Å². The van der Waals surface area contributed by atoms with Crippen LogP contribution in [0.2, 0.25) is 0 Å². The molecule has 2 unspecified atom stereocenters. The van der Waals surface area contributed by atoms with Gasteiger partial charge in [-0.05, 0) is 78.5 Å². The Morgan fingerprint density at radius 3 is 2.54 bits per heavy atom. The summed E-state index contributed by atoms with van der Waals surface area (Å²) in [6.07, 6.45) is 7.80. The van der Waals surface area contributed by atoms with E-state index in [0.717, 1.165) is 36.1 Å². The first-order valence-electron chi connectivity index (χ1n) is 13.5. The molecule has 2 aromatic carbocycles. The summed E-state index contributed by atoms with van der Waals surface area (Å²) < 4.78 is 5.57. The second kappa shape index (κ2) is 11.4. The lowest BCUT2D eigenvalue weighted by Crippen LogP contribution is -2.37. The maximum atomic E-state index is 12.9. The number of aryl methyl sites for hydroxylation is 1. The summed E-state index contributed by atoms with van der Waals surface area (Å²) in [4.78, 5) is 27.0. The van der Waals surface area contributed by atoms with E-state index in [1.807, 2.05) is 12.1 Å². The van der Waals surface area contributed by atoms with Crippen LogP contribution in [0, 0.1) is 12.8 Å². The number of ether oxygens (including phenoxy) is 1. The molecular weight excluding hydrogens is 466 g/mol. The van der Waals surface area contributed by atoms with Gasteiger partial charge in [0.2, 0.25) is 5.91 Å². The number of methoxy groups -OCH3 is 1. The van der Waals surface area contributed by atoms with E-state index in [-0.39, 0.29) is 24.3 Å². The van der Waals surface area contributed by atoms with Crippen molar-refractivity contribution in [3.05, 3.63) is 52.1 Å². The maximum Gasteiger partial charge on any atom is 0.304 e. The lowest BCUT2D eigenvalue weighted by Gasteiger charge is -2.34. The van der Waals surface area contributed by atoms with Gasteiger partial charge in [0.15, 0.2) is 0 Å². The van der Waals surface area contributed by atoms with Crippen molar-refractivity contribution in [2.45, 2.75) is 77.2 Å². The lowest BCUT2D eigenvalue weighted by molar-refractivity contribution is -0.137. The van der Waals surface area contributed by atoms with E-state index in [2.05, 4.69) is 29.3 Å². The zero-order valence-electron chi connectivity index (χ0n) is 22.6. The lowest BCUT2D eigenvalue weighted by atomic mass is 9.83. The fourth-order valence-electron chi connectivity index (χ4n) is 6.60. The Bertz CT molecular complexity index is 1160. The predicted octanol–water partition coefficient (Wildman–Crippen LogP) is 5.65. The largest absolute Gasteiger partial charge is 0.494 e. The van der Waals surface area contributed by atoms with Crippen LogP contribution in [0.1, 0.15) is 91.6 Å². The summed E-state index contributed by atoms with van der Waals surface area (Å²) in [7, 11) is 3.37. The number of carboxylic acid groups (broad SMARTS) is 1. The fraction of sp³-hybridized carbons (Fsp3) is 0.533. The molecule has 0 radical (unpaired) electrons. The molecule has 1 fully saturated rings. The molecule has 4 N–H and O–H groups in total. The Morgan fingerprint density at radius 1 is 1.19 bits per heavy atom. The average Bonchev–Trinajstić information content (AvgIpc) is 3.32. The van der Waals surface area contributed by atoms with Gasteiger partial charge in [-0.15, -0.1) is 0 Å². The molecule has 37 heavy (non-hydrogen) atoms. The molecule has 2 aliphatic carbocycles. The zero-order chi connectivity index (χ0) is 26.7. The number of anilines is 2. The number of benzene rings is 2. The van der Waals surface area contributed by atoms with Crippen LogP contribution in [0.3, 0.4) is 0 Å². The quantitative estimate of drug-likeness (QED) is 0.379. The second-order valence-electron chi connectivity index (χ2n) is 10.7. The molecule has 0 aromatic heterocycles. The van der Waals surface area contributed by atoms with Crippen LogP contribution in [-0.2, 0) is 16.0 Å². The minimum atomic E-state index is -0.869. The number of amides is 1. The number of nitrogen functional groups attached to an aromatic ring is 1. The van der Waals surface area contributed by atoms with E-state index in [1.165, 1.54) is 43.2 Å². The number of carbonyl (C=O) groups excluding carboxylic acids is 1. The highest BCUT2D eigenvalue weighted by Gasteiger charge is 2.35. The SMILES string of the molecule is CNc1c(N)cc(C(CC(=O)O)c2ccc(C)c3c2CCC3N(CC2CCCCC2)C(C)=O)cc1OC. The first-order chi connectivity index (χ1) is 17.7. The summed E-state index contributed by atoms with van der Waals surface area (Å²) in [5.74, 6) is 0.0231. The summed E-state index contributed by atoms with van der Waals surface area (Å²) in [6, 6.07) is 7.93. The van der Waals surface area contributed by atoms with Crippen LogP contribution >= 0.6 is 0 Å². The first-order valence-corrected chi connectivity index (χ1v) is 13.5. The molecular formula is C30H41N3O4. The molecule has 2 aromatic rings. The van der Waals surface area contributed by atoms with E-state index in [0.29, 0.717) is 23.0 Å². The Kier molecular flexibility index (Phi) is 8.30. The third kappa shape index (κ3) is 5.55. The molecule has 0 heterocycles. The normalized spacial score (nSPS) is 18.2. The van der Waals surface area contributed by atoms with Crippen LogP contribution in [0.25, 0.3) is 0 Å². The van der Waals surface area contributed by atoms with Crippen LogP contribution in [0.4, 0.5) is 11.4 Å². The second-order valence-corrected chi connectivity index (χ2v) is 10.7. The molecule has 2 atom stereocenters. The molecule has 4 rings (SSSR count). The predicted molar refractivity (Wildman–Crippen MR) is 147 cm³/mol. The van der Waals surface area contributed by atoms with Crippen molar-refractivity contribution in [3.8, 4) is 5.75 Å². The highest BCUT2D eigenvalue weighted by atomic mass is 16.5. The highest BCUT2D eigenvalue weighted by molar-refractivity contribution is 5.77. The van der Waals surface area contributed by atoms with Crippen molar-refractivity contribution < 1.29 is 19.4 Å². The first kappa shape index (κ1) is 26.8. The molecule has 0 bridgehead atoms. The topological polar surface area (TPSA) is 105 Å². The minimum Gasteiger partial charge on any atom is -0.494 e. The minimum absolute atomic E-state index is 0.0335. The smallest absolute Gasteiger partial charge is 0.304 e. The van der Waals surface area contributed by atoms with Gasteiger partial charge in [-0.3, -0.25) is 9.59 Å². The van der Waals surface area contributed by atoms with Gasteiger partial charge >= 0.3 is 5.97 Å². The summed E-state index contributed by atoms with van der Waals surface area (Å²) in [6.45, 7) is 4.60. The van der Waals surface area contributed by atoms with Crippen LogP contribution in [0.5, 0.6) is 5.75 Å². The summed E-state index contributed by atoms with van der Waals surface area (Å²) in [5.41, 5.74) is 12.9. The van der Waals surface area contributed by atoms with Crippen molar-refractivity contribution in [1.82, 2.24) is 4.90 Å². The highest BCUT2D eigenvalue weighted by Crippen LogP contribution is 2.45. The molecule has 0 aliphatic heterocycles. The number of nitrogens with two attached hydrogens (primary N) is 1. The van der Waals surface area contributed by atoms with Gasteiger partial charge in [0.05, 0.1) is 30.9 Å². The van der Waals surface area contributed by atoms with Gasteiger partial charge in [-0.1, -0.05) is 31.4 Å². The van der Waals surface area contributed by atoms with Crippen LogP contribution in [0.15, 0.2) is 24.3 Å². The van der Waals surface area contributed by atoms with Crippen LogP contribution < -0.4 is 15.8 Å². The number of rotatable bonds is 9. The summed E-state index contributed by atoms with van der Waals surface area (Å²) in [5, 5.41) is 12.9. The van der Waals surface area contributed by atoms with Gasteiger partial charge in [-0.25, -0.2) is 0 Å². The van der Waals surface area contributed by atoms with E-state index in [9.17, 15) is 14.7 Å². The molecule has 200 valence electrons. The van der Waals surface area contributed by atoms with Gasteiger partial charge in [-0.2, -0.15) is 0 Å². The number of nitrogens with one attached hydrogen (secondary N) is 1. The number of aliphatic carboxylic acids is 1. The molecule has 0 saturated heterocycles. The Morgan fingerprint density at radius 2 is 1.92 bits per heavy atom. The summed E-state index contributed by atoms with van der Waals surface area (Å²) >= 11 is 0. The zero-order valence-corrected chi connectivity index (χ0v) is 22.6. The molecule has 1 saturated carbocycles. The number of carboxylic acids is 1. The molecule has 1 amide bonds. The monoisotopic (exact) mass is 507 g/mol. The molecule has 0 spiro atoms. The van der Waals surface area contributed by atoms with Gasteiger partial charge in [0.1, 0.15) is 5.75 Å². The van der Waals surface area contributed by atoms with Crippen molar-refractivity contribution in [3.63, 3.8) is 0 Å². The van der Waals surface area contributed by atoms with Crippen molar-refractivity contribution in [2.75, 3.05) is 31.8 Å². The fourth-order valence-corrected chi connectivity index (χ4v) is 6.60. The van der Waals surface area contributed by atoms with Crippen molar-refractivity contribution in [1.29, 1.82) is 0 Å². The van der Waals surface area contributed by atoms with Crippen molar-refractivity contribution in [2.24, 2.45) is 5.92 Å². The third-order valence-electron chi connectivity index (χ3n) is 8.35.